The Hall–Kier alpha value is -1.80. The van der Waals surface area contributed by atoms with Crippen molar-refractivity contribution in [1.82, 2.24) is 19.8 Å². The Kier molecular flexibility index (Phi) is 4.72. The molecule has 0 bridgehead atoms. The number of nitrogens with zero attached hydrogens (tertiary/aromatic N) is 4. The number of fused-ring (bicyclic) bond motifs is 1. The lowest BCUT2D eigenvalue weighted by Crippen LogP contribution is -2.12. The maximum atomic E-state index is 12.0. The minimum absolute atomic E-state index is 0.0295. The summed E-state index contributed by atoms with van der Waals surface area (Å²) < 4.78 is 2.71. The number of benzene rings is 1. The van der Waals surface area contributed by atoms with E-state index in [4.69, 9.17) is 0 Å². The molecular weight excluding hydrogens is 378 g/mol. The highest BCUT2D eigenvalue weighted by molar-refractivity contribution is 9.10. The molecule has 0 aliphatic rings. The lowest BCUT2D eigenvalue weighted by atomic mass is 10.2. The molecule has 8 heteroatoms. The van der Waals surface area contributed by atoms with E-state index in [-0.39, 0.29) is 11.8 Å². The summed E-state index contributed by atoms with van der Waals surface area (Å²) in [6.45, 7) is 4.11. The van der Waals surface area contributed by atoms with Gasteiger partial charge in [0.1, 0.15) is 5.01 Å². The van der Waals surface area contributed by atoms with Crippen molar-refractivity contribution < 1.29 is 4.79 Å². The van der Waals surface area contributed by atoms with Crippen LogP contribution in [-0.4, -0.2) is 25.7 Å². The van der Waals surface area contributed by atoms with Crippen LogP contribution in [0.25, 0.3) is 4.96 Å². The predicted octanol–water partition coefficient (Wildman–Crippen LogP) is 3.64. The number of hydrogen-bond donors (Lipinski definition) is 1. The number of rotatable bonds is 5. The van der Waals surface area contributed by atoms with E-state index in [0.717, 1.165) is 26.0 Å². The van der Waals surface area contributed by atoms with Gasteiger partial charge in [0.05, 0.1) is 0 Å². The van der Waals surface area contributed by atoms with Gasteiger partial charge >= 0.3 is 0 Å². The molecule has 3 rings (SSSR count). The normalized spacial score (nSPS) is 11.3. The van der Waals surface area contributed by atoms with Crippen molar-refractivity contribution in [1.29, 1.82) is 0 Å². The highest BCUT2D eigenvalue weighted by Gasteiger charge is 2.14. The van der Waals surface area contributed by atoms with Crippen LogP contribution in [0.2, 0.25) is 0 Å². The monoisotopic (exact) mass is 393 g/mol. The molecule has 23 heavy (non-hydrogen) atoms. The number of anilines is 1. The van der Waals surface area contributed by atoms with Gasteiger partial charge in [-0.1, -0.05) is 47.2 Å². The van der Waals surface area contributed by atoms with Gasteiger partial charge in [0.15, 0.2) is 5.82 Å². The Morgan fingerprint density at radius 2 is 2.22 bits per heavy atom. The minimum atomic E-state index is -0.0295. The summed E-state index contributed by atoms with van der Waals surface area (Å²) in [7, 11) is 0. The fourth-order valence-corrected chi connectivity index (χ4v) is 3.38. The van der Waals surface area contributed by atoms with Crippen LogP contribution in [0.5, 0.6) is 0 Å². The Balaban J connectivity index is 1.62. The van der Waals surface area contributed by atoms with Gasteiger partial charge in [0.25, 0.3) is 0 Å². The van der Waals surface area contributed by atoms with E-state index in [1.807, 2.05) is 24.3 Å². The highest BCUT2D eigenvalue weighted by atomic mass is 79.9. The van der Waals surface area contributed by atoms with Crippen molar-refractivity contribution in [2.24, 2.45) is 0 Å². The highest BCUT2D eigenvalue weighted by Crippen LogP contribution is 2.20. The van der Waals surface area contributed by atoms with Crippen LogP contribution in [0.3, 0.4) is 0 Å². The lowest BCUT2D eigenvalue weighted by Gasteiger charge is -2.04. The number of carbonyl (C=O) groups excluding carboxylic acids is 1. The van der Waals surface area contributed by atoms with Crippen molar-refractivity contribution in [2.75, 3.05) is 5.32 Å². The SMILES string of the molecule is CC(C)c1nnc2sc(CCC(=O)Nc3cccc(Br)c3)nn12. The summed E-state index contributed by atoms with van der Waals surface area (Å²) in [5.74, 6) is 1.08. The number of aryl methyl sites for hydroxylation is 1. The molecule has 2 heterocycles. The van der Waals surface area contributed by atoms with Gasteiger partial charge < -0.3 is 5.32 Å². The van der Waals surface area contributed by atoms with Crippen molar-refractivity contribution in [3.63, 3.8) is 0 Å². The molecule has 120 valence electrons. The van der Waals surface area contributed by atoms with Gasteiger partial charge in [-0.2, -0.15) is 9.61 Å². The maximum absolute atomic E-state index is 12.0. The zero-order valence-corrected chi connectivity index (χ0v) is 15.2. The van der Waals surface area contributed by atoms with Crippen LogP contribution in [0.15, 0.2) is 28.7 Å². The van der Waals surface area contributed by atoms with Crippen molar-refractivity contribution >= 4 is 43.8 Å². The van der Waals surface area contributed by atoms with Gasteiger partial charge in [-0.25, -0.2) is 0 Å². The predicted molar refractivity (Wildman–Crippen MR) is 93.8 cm³/mol. The van der Waals surface area contributed by atoms with Crippen molar-refractivity contribution in [2.45, 2.75) is 32.6 Å². The molecule has 0 atom stereocenters. The van der Waals surface area contributed by atoms with E-state index in [2.05, 4.69) is 50.4 Å². The first-order chi connectivity index (χ1) is 11.0. The topological polar surface area (TPSA) is 72.2 Å². The average Bonchev–Trinajstić information content (AvgIpc) is 3.04. The van der Waals surface area contributed by atoms with Crippen molar-refractivity contribution in [3.05, 3.63) is 39.6 Å². The second-order valence-corrected chi connectivity index (χ2v) is 7.42. The fourth-order valence-electron chi connectivity index (χ4n) is 2.14. The van der Waals surface area contributed by atoms with Crippen LogP contribution in [0, 0.1) is 0 Å². The van der Waals surface area contributed by atoms with Crippen LogP contribution in [0.4, 0.5) is 5.69 Å². The first kappa shape index (κ1) is 16.1. The zero-order valence-electron chi connectivity index (χ0n) is 12.8. The van der Waals surface area contributed by atoms with Gasteiger partial charge in [-0.15, -0.1) is 10.2 Å². The van der Waals surface area contributed by atoms with Gasteiger partial charge in [-0.3, -0.25) is 4.79 Å². The molecule has 0 aliphatic heterocycles. The van der Waals surface area contributed by atoms with E-state index >= 15 is 0 Å². The standard InChI is InChI=1S/C15H16BrN5OS/c1-9(2)14-18-19-15-21(14)20-13(23-15)7-6-12(22)17-11-5-3-4-10(16)8-11/h3-5,8-9H,6-7H2,1-2H3,(H,17,22). The van der Waals surface area contributed by atoms with Crippen LogP contribution < -0.4 is 5.32 Å². The fraction of sp³-hybridized carbons (Fsp3) is 0.333. The van der Waals surface area contributed by atoms with Crippen molar-refractivity contribution in [3.8, 4) is 0 Å². The lowest BCUT2D eigenvalue weighted by molar-refractivity contribution is -0.116. The van der Waals surface area contributed by atoms with E-state index in [9.17, 15) is 4.79 Å². The molecule has 0 saturated heterocycles. The number of carbonyl (C=O) groups is 1. The summed E-state index contributed by atoms with van der Waals surface area (Å²) in [6.07, 6.45) is 0.971. The number of amides is 1. The molecule has 0 aliphatic carbocycles. The smallest absolute Gasteiger partial charge is 0.234 e. The molecule has 0 radical (unpaired) electrons. The Bertz CT molecular complexity index is 841. The first-order valence-electron chi connectivity index (χ1n) is 7.29. The molecule has 1 N–H and O–H groups in total. The number of hydrogen-bond acceptors (Lipinski definition) is 5. The third kappa shape index (κ3) is 3.76. The second kappa shape index (κ2) is 6.76. The average molecular weight is 394 g/mol. The van der Waals surface area contributed by atoms with Crippen LogP contribution in [0.1, 0.15) is 37.0 Å². The Morgan fingerprint density at radius 1 is 1.39 bits per heavy atom. The second-order valence-electron chi connectivity index (χ2n) is 5.46. The largest absolute Gasteiger partial charge is 0.326 e. The molecule has 1 aromatic carbocycles. The molecule has 1 amide bonds. The number of halogens is 1. The van der Waals surface area contributed by atoms with E-state index in [1.54, 1.807) is 4.52 Å². The number of aromatic nitrogens is 4. The van der Waals surface area contributed by atoms with E-state index in [1.165, 1.54) is 11.3 Å². The molecule has 2 aromatic heterocycles. The Labute approximate surface area is 146 Å². The summed E-state index contributed by atoms with van der Waals surface area (Å²) in [4.78, 5) is 12.8. The van der Waals surface area contributed by atoms with Crippen LogP contribution >= 0.6 is 27.3 Å². The van der Waals surface area contributed by atoms with E-state index < -0.39 is 0 Å². The molecule has 6 nitrogen and oxygen atoms in total. The Morgan fingerprint density at radius 3 is 2.96 bits per heavy atom. The molecule has 0 saturated carbocycles. The first-order valence-corrected chi connectivity index (χ1v) is 8.90. The third-order valence-electron chi connectivity index (χ3n) is 3.25. The summed E-state index contributed by atoms with van der Waals surface area (Å²) in [6, 6.07) is 7.54. The van der Waals surface area contributed by atoms with Gasteiger partial charge in [-0.05, 0) is 18.2 Å². The minimum Gasteiger partial charge on any atom is -0.326 e. The summed E-state index contributed by atoms with van der Waals surface area (Å²) in [5, 5.41) is 16.5. The van der Waals surface area contributed by atoms with Gasteiger partial charge in [0.2, 0.25) is 10.9 Å². The third-order valence-corrected chi connectivity index (χ3v) is 4.70. The summed E-state index contributed by atoms with van der Waals surface area (Å²) >= 11 is 4.86. The molecular formula is C15H16BrN5OS. The molecule has 0 unspecified atom stereocenters. The van der Waals surface area contributed by atoms with E-state index in [0.29, 0.717) is 12.8 Å². The maximum Gasteiger partial charge on any atom is 0.234 e. The number of nitrogens with one attached hydrogen (secondary N) is 1. The molecule has 0 fully saturated rings. The summed E-state index contributed by atoms with van der Waals surface area (Å²) in [5.41, 5.74) is 0.782. The molecule has 3 aromatic rings. The zero-order chi connectivity index (χ0) is 16.4. The quantitative estimate of drug-likeness (QED) is 0.717. The van der Waals surface area contributed by atoms with Crippen LogP contribution in [-0.2, 0) is 11.2 Å². The molecule has 0 spiro atoms. The van der Waals surface area contributed by atoms with Gasteiger partial charge in [0, 0.05) is 28.9 Å².